The van der Waals surface area contributed by atoms with E-state index in [9.17, 15) is 14.7 Å². The minimum atomic E-state index is -0.929. The van der Waals surface area contributed by atoms with E-state index in [0.29, 0.717) is 29.9 Å². The highest BCUT2D eigenvalue weighted by atomic mass is 16.7. The van der Waals surface area contributed by atoms with Crippen molar-refractivity contribution in [2.45, 2.75) is 44.2 Å². The lowest BCUT2D eigenvalue weighted by molar-refractivity contribution is -0.145. The minimum Gasteiger partial charge on any atom is -0.467 e. The average molecular weight is 453 g/mol. The number of aromatic amines is 1. The molecule has 3 aromatic rings. The Morgan fingerprint density at radius 1 is 1.18 bits per heavy atom. The molecule has 33 heavy (non-hydrogen) atoms. The van der Waals surface area contributed by atoms with Crippen molar-refractivity contribution in [2.24, 2.45) is 0 Å². The van der Waals surface area contributed by atoms with Gasteiger partial charge in [0.15, 0.2) is 11.5 Å². The molecule has 174 valence electrons. The van der Waals surface area contributed by atoms with Gasteiger partial charge < -0.3 is 29.6 Å². The van der Waals surface area contributed by atoms with Crippen molar-refractivity contribution in [3.05, 3.63) is 59.8 Å². The summed E-state index contributed by atoms with van der Waals surface area (Å²) in [6.45, 7) is 2.05. The Hall–Kier alpha value is -3.52. The van der Waals surface area contributed by atoms with Crippen LogP contribution in [0.5, 0.6) is 11.5 Å². The van der Waals surface area contributed by atoms with Crippen LogP contribution < -0.4 is 14.8 Å². The van der Waals surface area contributed by atoms with Crippen LogP contribution in [0.15, 0.2) is 48.7 Å². The number of nitrogens with one attached hydrogen (secondary N) is 2. The number of fused-ring (bicyclic) bond motifs is 2. The summed E-state index contributed by atoms with van der Waals surface area (Å²) in [6.07, 6.45) is 2.28. The third kappa shape index (κ3) is 4.80. The number of benzene rings is 2. The molecule has 0 fully saturated rings. The second kappa shape index (κ2) is 9.95. The molecule has 0 saturated heterocycles. The van der Waals surface area contributed by atoms with E-state index in [1.807, 2.05) is 37.4 Å². The smallest absolute Gasteiger partial charge is 0.328 e. The fraction of sp³-hybridized carbons (Fsp3) is 0.360. The third-order valence-electron chi connectivity index (χ3n) is 5.91. The molecule has 3 atom stereocenters. The third-order valence-corrected chi connectivity index (χ3v) is 5.91. The van der Waals surface area contributed by atoms with Crippen molar-refractivity contribution >= 4 is 22.8 Å². The first-order chi connectivity index (χ1) is 16.0. The molecule has 1 aliphatic rings. The van der Waals surface area contributed by atoms with Gasteiger partial charge in [0, 0.05) is 23.5 Å². The van der Waals surface area contributed by atoms with Gasteiger partial charge in [-0.15, -0.1) is 0 Å². The van der Waals surface area contributed by atoms with Crippen LogP contribution in [0.2, 0.25) is 0 Å². The van der Waals surface area contributed by atoms with Gasteiger partial charge in [-0.2, -0.15) is 0 Å². The molecule has 1 aliphatic heterocycles. The molecular formula is C25H28N2O6. The summed E-state index contributed by atoms with van der Waals surface area (Å²) in [7, 11) is 1.29. The van der Waals surface area contributed by atoms with E-state index in [1.54, 1.807) is 18.2 Å². The molecule has 2 unspecified atom stereocenters. The van der Waals surface area contributed by atoms with Crippen LogP contribution in [0.4, 0.5) is 0 Å². The Kier molecular flexibility index (Phi) is 6.84. The lowest BCUT2D eigenvalue weighted by Crippen LogP contribution is -2.47. The highest BCUT2D eigenvalue weighted by molar-refractivity contribution is 5.90. The standard InChI is InChI=1S/C25H28N2O6/c1-3-6-20(28)23(15-9-10-21-22(12-15)33-14-32-21)24(29)27-19(25(30)31-2)11-16-13-26-18-8-5-4-7-17(16)18/h4-5,7-10,12-13,19-20,23,26,28H,3,6,11,14H2,1-2H3,(H,27,29)/t19-,20?,23?/m0/s1. The van der Waals surface area contributed by atoms with E-state index >= 15 is 0 Å². The minimum absolute atomic E-state index is 0.113. The van der Waals surface area contributed by atoms with E-state index in [-0.39, 0.29) is 13.2 Å². The zero-order chi connectivity index (χ0) is 23.4. The first kappa shape index (κ1) is 22.7. The van der Waals surface area contributed by atoms with E-state index in [2.05, 4.69) is 10.3 Å². The van der Waals surface area contributed by atoms with Crippen LogP contribution in [0.1, 0.15) is 36.8 Å². The quantitative estimate of drug-likeness (QED) is 0.431. The van der Waals surface area contributed by atoms with Crippen LogP contribution in [-0.4, -0.2) is 48.0 Å². The van der Waals surface area contributed by atoms with Crippen LogP contribution in [-0.2, 0) is 20.7 Å². The van der Waals surface area contributed by atoms with Gasteiger partial charge in [-0.1, -0.05) is 37.6 Å². The number of rotatable bonds is 9. The number of methoxy groups -OCH3 is 1. The molecule has 4 rings (SSSR count). The molecule has 8 nitrogen and oxygen atoms in total. The monoisotopic (exact) mass is 452 g/mol. The second-order valence-corrected chi connectivity index (χ2v) is 8.09. The Morgan fingerprint density at radius 2 is 1.97 bits per heavy atom. The van der Waals surface area contributed by atoms with Crippen molar-refractivity contribution in [3.63, 3.8) is 0 Å². The van der Waals surface area contributed by atoms with Gasteiger partial charge in [0.1, 0.15) is 6.04 Å². The number of ether oxygens (including phenoxy) is 3. The summed E-state index contributed by atoms with van der Waals surface area (Å²) in [4.78, 5) is 29.2. The molecule has 3 N–H and O–H groups in total. The topological polar surface area (TPSA) is 110 Å². The van der Waals surface area contributed by atoms with Crippen molar-refractivity contribution < 1.29 is 28.9 Å². The number of hydrogen-bond acceptors (Lipinski definition) is 6. The van der Waals surface area contributed by atoms with E-state index in [4.69, 9.17) is 14.2 Å². The Morgan fingerprint density at radius 3 is 2.76 bits per heavy atom. The maximum absolute atomic E-state index is 13.4. The Labute approximate surface area is 191 Å². The van der Waals surface area contributed by atoms with Crippen LogP contribution in [0.3, 0.4) is 0 Å². The van der Waals surface area contributed by atoms with Crippen molar-refractivity contribution in [1.29, 1.82) is 0 Å². The van der Waals surface area contributed by atoms with Gasteiger partial charge in [0.2, 0.25) is 12.7 Å². The van der Waals surface area contributed by atoms with Crippen molar-refractivity contribution in [1.82, 2.24) is 10.3 Å². The fourth-order valence-electron chi connectivity index (χ4n) is 4.23. The van der Waals surface area contributed by atoms with E-state index in [0.717, 1.165) is 16.5 Å². The van der Waals surface area contributed by atoms with Gasteiger partial charge in [0.05, 0.1) is 19.1 Å². The van der Waals surface area contributed by atoms with Gasteiger partial charge in [-0.25, -0.2) is 4.79 Å². The maximum atomic E-state index is 13.4. The fourth-order valence-corrected chi connectivity index (χ4v) is 4.23. The van der Waals surface area contributed by atoms with E-state index in [1.165, 1.54) is 7.11 Å². The summed E-state index contributed by atoms with van der Waals surface area (Å²) in [6, 6.07) is 12.0. The number of aliphatic hydroxyl groups excluding tert-OH is 1. The summed E-state index contributed by atoms with van der Waals surface area (Å²) >= 11 is 0. The van der Waals surface area contributed by atoms with Crippen molar-refractivity contribution in [3.8, 4) is 11.5 Å². The van der Waals surface area contributed by atoms with Crippen LogP contribution in [0, 0.1) is 0 Å². The highest BCUT2D eigenvalue weighted by Gasteiger charge is 2.33. The highest BCUT2D eigenvalue weighted by Crippen LogP contribution is 2.36. The number of carbonyl (C=O) groups is 2. The Balaban J connectivity index is 1.60. The largest absolute Gasteiger partial charge is 0.467 e. The number of para-hydroxylation sites is 1. The molecule has 0 saturated carbocycles. The predicted molar refractivity (Wildman–Crippen MR) is 122 cm³/mol. The van der Waals surface area contributed by atoms with E-state index < -0.39 is 29.9 Å². The zero-order valence-corrected chi connectivity index (χ0v) is 18.7. The number of amides is 1. The zero-order valence-electron chi connectivity index (χ0n) is 18.7. The summed E-state index contributed by atoms with van der Waals surface area (Å²) < 4.78 is 15.8. The SMILES string of the molecule is CCCC(O)C(C(=O)N[C@@H](Cc1c[nH]c2ccccc12)C(=O)OC)c1ccc2c(c1)OCO2. The molecule has 2 aromatic carbocycles. The predicted octanol–water partition coefficient (Wildman–Crippen LogP) is 3.04. The number of hydrogen-bond donors (Lipinski definition) is 3. The molecule has 1 aromatic heterocycles. The molecule has 1 amide bonds. The normalized spacial score (nSPS) is 15.1. The maximum Gasteiger partial charge on any atom is 0.328 e. The molecule has 0 radical (unpaired) electrons. The van der Waals surface area contributed by atoms with Crippen LogP contribution >= 0.6 is 0 Å². The molecule has 0 aliphatic carbocycles. The first-order valence-electron chi connectivity index (χ1n) is 11.0. The first-order valence-corrected chi connectivity index (χ1v) is 11.0. The van der Waals surface area contributed by atoms with Gasteiger partial charge in [-0.05, 0) is 35.7 Å². The lowest BCUT2D eigenvalue weighted by Gasteiger charge is -2.25. The molecule has 0 bridgehead atoms. The molecular weight excluding hydrogens is 424 g/mol. The summed E-state index contributed by atoms with van der Waals surface area (Å²) in [5, 5.41) is 14.6. The van der Waals surface area contributed by atoms with Gasteiger partial charge in [-0.3, -0.25) is 4.79 Å². The number of aliphatic hydroxyl groups is 1. The number of carbonyl (C=O) groups excluding carboxylic acids is 2. The number of H-pyrrole nitrogens is 1. The summed E-state index contributed by atoms with van der Waals surface area (Å²) in [5.74, 6) is -0.769. The Bertz CT molecular complexity index is 1140. The van der Waals surface area contributed by atoms with Crippen LogP contribution in [0.25, 0.3) is 10.9 Å². The van der Waals surface area contributed by atoms with Gasteiger partial charge >= 0.3 is 5.97 Å². The number of esters is 1. The van der Waals surface area contributed by atoms with Gasteiger partial charge in [0.25, 0.3) is 0 Å². The molecule has 2 heterocycles. The second-order valence-electron chi connectivity index (χ2n) is 8.09. The number of aromatic nitrogens is 1. The lowest BCUT2D eigenvalue weighted by atomic mass is 9.89. The molecule has 0 spiro atoms. The molecule has 8 heteroatoms. The van der Waals surface area contributed by atoms with Crippen molar-refractivity contribution in [2.75, 3.05) is 13.9 Å². The average Bonchev–Trinajstić information content (AvgIpc) is 3.45. The summed E-state index contributed by atoms with van der Waals surface area (Å²) in [5.41, 5.74) is 2.42.